The van der Waals surface area contributed by atoms with E-state index in [1.807, 2.05) is 15.9 Å². The van der Waals surface area contributed by atoms with Crippen LogP contribution in [0.15, 0.2) is 17.5 Å². The Morgan fingerprint density at radius 2 is 1.84 bits per heavy atom. The van der Waals surface area contributed by atoms with Crippen LogP contribution in [0, 0.1) is 0 Å². The number of rotatable bonds is 2. The predicted octanol–water partition coefficient (Wildman–Crippen LogP) is 2.81. The molecule has 25 heavy (non-hydrogen) atoms. The van der Waals surface area contributed by atoms with E-state index in [1.165, 1.54) is 9.40 Å². The molecular formula is C17H22ClN3O2S2. The molecule has 2 aliphatic rings. The van der Waals surface area contributed by atoms with Crippen LogP contribution >= 0.6 is 35.1 Å². The van der Waals surface area contributed by atoms with Gasteiger partial charge in [-0.3, -0.25) is 9.59 Å². The highest BCUT2D eigenvalue weighted by Gasteiger charge is 2.30. The molecule has 0 saturated carbocycles. The molecule has 0 radical (unpaired) electrons. The SMILES string of the molecule is Cl.O=C(c1cc2sccc2s1)N1CCN(C(=O)C2CCCCN2)CC1. The summed E-state index contributed by atoms with van der Waals surface area (Å²) >= 11 is 3.24. The number of carbonyl (C=O) groups excluding carboxylic acids is 2. The molecule has 4 heterocycles. The van der Waals surface area contributed by atoms with Gasteiger partial charge in [0.15, 0.2) is 0 Å². The second-order valence-corrected chi connectivity index (χ2v) is 8.41. The van der Waals surface area contributed by atoms with Crippen LogP contribution < -0.4 is 5.32 Å². The van der Waals surface area contributed by atoms with E-state index in [0.29, 0.717) is 26.2 Å². The molecule has 2 aliphatic heterocycles. The number of carbonyl (C=O) groups is 2. The van der Waals surface area contributed by atoms with Crippen LogP contribution in [0.3, 0.4) is 0 Å². The highest BCUT2D eigenvalue weighted by Crippen LogP contribution is 2.30. The third-order valence-corrected chi connectivity index (χ3v) is 6.92. The second kappa shape index (κ2) is 8.03. The van der Waals surface area contributed by atoms with E-state index in [9.17, 15) is 9.59 Å². The van der Waals surface area contributed by atoms with Crippen molar-refractivity contribution in [1.29, 1.82) is 0 Å². The topological polar surface area (TPSA) is 52.7 Å². The molecule has 0 spiro atoms. The number of amides is 2. The van der Waals surface area contributed by atoms with Gasteiger partial charge in [0.05, 0.1) is 10.9 Å². The molecule has 136 valence electrons. The lowest BCUT2D eigenvalue weighted by Gasteiger charge is -2.37. The van der Waals surface area contributed by atoms with Gasteiger partial charge in [-0.2, -0.15) is 0 Å². The zero-order chi connectivity index (χ0) is 16.5. The summed E-state index contributed by atoms with van der Waals surface area (Å²) in [6, 6.07) is 4.04. The van der Waals surface area contributed by atoms with Gasteiger partial charge < -0.3 is 15.1 Å². The molecule has 2 aromatic heterocycles. The van der Waals surface area contributed by atoms with Crippen LogP contribution in [0.5, 0.6) is 0 Å². The summed E-state index contributed by atoms with van der Waals surface area (Å²) in [6.07, 6.45) is 3.21. The summed E-state index contributed by atoms with van der Waals surface area (Å²) in [7, 11) is 0. The summed E-state index contributed by atoms with van der Waals surface area (Å²) in [5, 5.41) is 5.37. The van der Waals surface area contributed by atoms with E-state index in [-0.39, 0.29) is 30.3 Å². The molecular weight excluding hydrogens is 378 g/mol. The Hall–Kier alpha value is -1.15. The van der Waals surface area contributed by atoms with E-state index in [4.69, 9.17) is 0 Å². The largest absolute Gasteiger partial charge is 0.338 e. The van der Waals surface area contributed by atoms with Crippen molar-refractivity contribution in [2.45, 2.75) is 25.3 Å². The highest BCUT2D eigenvalue weighted by molar-refractivity contribution is 7.27. The number of nitrogens with zero attached hydrogens (tertiary/aromatic N) is 2. The molecule has 2 amide bonds. The predicted molar refractivity (Wildman–Crippen MR) is 105 cm³/mol. The van der Waals surface area contributed by atoms with Gasteiger partial charge in [-0.05, 0) is 36.9 Å². The third-order valence-electron chi connectivity index (χ3n) is 4.84. The molecule has 0 bridgehead atoms. The smallest absolute Gasteiger partial charge is 0.264 e. The number of nitrogens with one attached hydrogen (secondary N) is 1. The zero-order valence-corrected chi connectivity index (χ0v) is 16.4. The van der Waals surface area contributed by atoms with Gasteiger partial charge in [-0.1, -0.05) is 6.42 Å². The van der Waals surface area contributed by atoms with E-state index < -0.39 is 0 Å². The van der Waals surface area contributed by atoms with E-state index in [0.717, 1.165) is 30.7 Å². The van der Waals surface area contributed by atoms with Crippen molar-refractivity contribution in [1.82, 2.24) is 15.1 Å². The van der Waals surface area contributed by atoms with Crippen molar-refractivity contribution >= 4 is 56.3 Å². The first-order valence-corrected chi connectivity index (χ1v) is 10.2. The van der Waals surface area contributed by atoms with Crippen molar-refractivity contribution in [3.63, 3.8) is 0 Å². The maximum absolute atomic E-state index is 12.7. The Bertz CT molecular complexity index is 717. The standard InChI is InChI=1S/C17H21N3O2S2.ClH/c21-16(12-3-1-2-5-18-12)19-6-8-20(9-7-19)17(22)15-11-14-13(24-15)4-10-23-14;/h4,10-12,18H,1-3,5-9H2;1H. The molecule has 1 N–H and O–H groups in total. The van der Waals surface area contributed by atoms with Crippen LogP contribution in [-0.2, 0) is 4.79 Å². The fourth-order valence-corrected chi connectivity index (χ4v) is 5.52. The molecule has 0 aliphatic carbocycles. The average Bonchev–Trinajstić information content (AvgIpc) is 3.23. The second-order valence-electron chi connectivity index (χ2n) is 6.38. The van der Waals surface area contributed by atoms with Crippen molar-refractivity contribution in [3.8, 4) is 0 Å². The van der Waals surface area contributed by atoms with E-state index in [2.05, 4.69) is 16.8 Å². The molecule has 4 rings (SSSR count). The van der Waals surface area contributed by atoms with Gasteiger partial charge in [-0.25, -0.2) is 0 Å². The van der Waals surface area contributed by atoms with Crippen molar-refractivity contribution in [2.75, 3.05) is 32.7 Å². The lowest BCUT2D eigenvalue weighted by Crippen LogP contribution is -2.55. The fraction of sp³-hybridized carbons (Fsp3) is 0.529. The van der Waals surface area contributed by atoms with Gasteiger partial charge >= 0.3 is 0 Å². The van der Waals surface area contributed by atoms with Crippen LogP contribution in [0.4, 0.5) is 0 Å². The summed E-state index contributed by atoms with van der Waals surface area (Å²) < 4.78 is 2.36. The monoisotopic (exact) mass is 399 g/mol. The lowest BCUT2D eigenvalue weighted by molar-refractivity contribution is -0.135. The summed E-state index contributed by atoms with van der Waals surface area (Å²) in [4.78, 5) is 29.8. The number of halogens is 1. The minimum atomic E-state index is -0.0231. The summed E-state index contributed by atoms with van der Waals surface area (Å²) in [5.74, 6) is 0.310. The minimum Gasteiger partial charge on any atom is -0.338 e. The minimum absolute atomic E-state index is 0. The third kappa shape index (κ3) is 3.84. The Kier molecular flexibility index (Phi) is 5.99. The fourth-order valence-electron chi connectivity index (χ4n) is 3.44. The van der Waals surface area contributed by atoms with Gasteiger partial charge in [0.2, 0.25) is 5.91 Å². The van der Waals surface area contributed by atoms with Gasteiger partial charge in [-0.15, -0.1) is 35.1 Å². The molecule has 1 atom stereocenters. The van der Waals surface area contributed by atoms with Crippen LogP contribution in [0.25, 0.3) is 9.40 Å². The van der Waals surface area contributed by atoms with Gasteiger partial charge in [0.1, 0.15) is 0 Å². The number of piperidine rings is 1. The Balaban J connectivity index is 0.00000182. The van der Waals surface area contributed by atoms with E-state index in [1.54, 1.807) is 22.7 Å². The summed E-state index contributed by atoms with van der Waals surface area (Å²) in [5.41, 5.74) is 0. The van der Waals surface area contributed by atoms with Gasteiger partial charge in [0.25, 0.3) is 5.91 Å². The molecule has 0 aromatic carbocycles. The number of hydrogen-bond acceptors (Lipinski definition) is 5. The average molecular weight is 400 g/mol. The number of hydrogen-bond donors (Lipinski definition) is 1. The molecule has 8 heteroatoms. The highest BCUT2D eigenvalue weighted by atomic mass is 35.5. The van der Waals surface area contributed by atoms with Crippen molar-refractivity contribution in [2.24, 2.45) is 0 Å². The van der Waals surface area contributed by atoms with Gasteiger partial charge in [0, 0.05) is 35.6 Å². The molecule has 2 fully saturated rings. The zero-order valence-electron chi connectivity index (χ0n) is 13.9. The van der Waals surface area contributed by atoms with E-state index >= 15 is 0 Å². The maximum Gasteiger partial charge on any atom is 0.264 e. The Labute approximate surface area is 161 Å². The lowest BCUT2D eigenvalue weighted by atomic mass is 10.0. The van der Waals surface area contributed by atoms with Crippen molar-refractivity contribution < 1.29 is 9.59 Å². The first kappa shape index (κ1) is 18.6. The molecule has 5 nitrogen and oxygen atoms in total. The number of piperazine rings is 1. The van der Waals surface area contributed by atoms with Crippen LogP contribution in [-0.4, -0.2) is 60.4 Å². The van der Waals surface area contributed by atoms with Crippen molar-refractivity contribution in [3.05, 3.63) is 22.4 Å². The van der Waals surface area contributed by atoms with Crippen LogP contribution in [0.2, 0.25) is 0 Å². The number of fused-ring (bicyclic) bond motifs is 1. The first-order chi connectivity index (χ1) is 11.7. The molecule has 1 unspecified atom stereocenters. The molecule has 2 saturated heterocycles. The maximum atomic E-state index is 12.7. The van der Waals surface area contributed by atoms with Crippen LogP contribution in [0.1, 0.15) is 28.9 Å². The summed E-state index contributed by atoms with van der Waals surface area (Å²) in [6.45, 7) is 3.47. The number of thiophene rings is 2. The molecule has 2 aromatic rings. The Morgan fingerprint density at radius 3 is 2.52 bits per heavy atom. The normalized spacial score (nSPS) is 21.2. The quantitative estimate of drug-likeness (QED) is 0.844. The Morgan fingerprint density at radius 1 is 1.08 bits per heavy atom. The first-order valence-electron chi connectivity index (χ1n) is 8.51.